The van der Waals surface area contributed by atoms with Gasteiger partial charge in [0.25, 0.3) is 0 Å². The third kappa shape index (κ3) is 11.6. The van der Waals surface area contributed by atoms with E-state index in [4.69, 9.17) is 0 Å². The number of nitrogens with zero attached hydrogens (tertiary/aromatic N) is 1. The quantitative estimate of drug-likeness (QED) is 0.678. The van der Waals surface area contributed by atoms with E-state index in [1.807, 2.05) is 0 Å². The minimum atomic E-state index is 0.167. The normalized spacial score (nSPS) is 15.2. The minimum Gasteiger partial charge on any atom is -0.385 e. The Bertz CT molecular complexity index is 329. The standard InChI is InChI=1S/C16H30N2.C3H6O/c1-5-11-18(12-6-2)13-15(4)17-16-9-7-14(3)8-10-16;1-3(2)4/h16-17H,3-13H2,1-2H3;1-2H3. The number of nitrogens with one attached hydrogen (secondary N) is 1. The topological polar surface area (TPSA) is 32.3 Å². The van der Waals surface area contributed by atoms with Crippen LogP contribution in [-0.4, -0.2) is 36.4 Å². The molecule has 1 aliphatic rings. The first kappa shape index (κ1) is 20.9. The van der Waals surface area contributed by atoms with Gasteiger partial charge >= 0.3 is 0 Å². The summed E-state index contributed by atoms with van der Waals surface area (Å²) in [5.41, 5.74) is 2.60. The Morgan fingerprint density at radius 3 is 2.05 bits per heavy atom. The van der Waals surface area contributed by atoms with Crippen molar-refractivity contribution in [2.75, 3.05) is 19.6 Å². The van der Waals surface area contributed by atoms with Gasteiger partial charge in [0.2, 0.25) is 0 Å². The second-order valence-electron chi connectivity index (χ2n) is 6.46. The highest BCUT2D eigenvalue weighted by atomic mass is 16.1. The van der Waals surface area contributed by atoms with E-state index in [1.54, 1.807) is 0 Å². The summed E-state index contributed by atoms with van der Waals surface area (Å²) in [6.07, 6.45) is 7.24. The first-order chi connectivity index (χ1) is 10.4. The molecule has 1 N–H and O–H groups in total. The third-order valence-electron chi connectivity index (χ3n) is 3.60. The van der Waals surface area contributed by atoms with E-state index in [1.165, 1.54) is 76.7 Å². The van der Waals surface area contributed by atoms with Gasteiger partial charge in [-0.2, -0.15) is 0 Å². The number of hydrogen-bond acceptors (Lipinski definition) is 3. The summed E-state index contributed by atoms with van der Waals surface area (Å²) in [5, 5.41) is 3.61. The first-order valence-corrected chi connectivity index (χ1v) is 8.69. The number of ketones is 1. The summed E-state index contributed by atoms with van der Waals surface area (Å²) in [6.45, 7) is 19.2. The second-order valence-corrected chi connectivity index (χ2v) is 6.46. The maximum absolute atomic E-state index is 9.44. The van der Waals surface area contributed by atoms with E-state index in [-0.39, 0.29) is 5.78 Å². The molecule has 0 aromatic rings. The van der Waals surface area contributed by atoms with Crippen LogP contribution in [-0.2, 0) is 4.79 Å². The van der Waals surface area contributed by atoms with Gasteiger partial charge in [-0.05, 0) is 65.5 Å². The molecule has 128 valence electrons. The molecule has 0 atom stereocenters. The monoisotopic (exact) mass is 308 g/mol. The van der Waals surface area contributed by atoms with Gasteiger partial charge in [-0.25, -0.2) is 0 Å². The molecule has 0 heterocycles. The van der Waals surface area contributed by atoms with Gasteiger partial charge in [0, 0.05) is 18.3 Å². The van der Waals surface area contributed by atoms with Crippen LogP contribution in [0.25, 0.3) is 0 Å². The van der Waals surface area contributed by atoms with Gasteiger partial charge in [0.15, 0.2) is 0 Å². The number of allylic oxidation sites excluding steroid dienone is 1. The van der Waals surface area contributed by atoms with Gasteiger partial charge in [-0.3, -0.25) is 4.90 Å². The van der Waals surface area contributed by atoms with Crippen LogP contribution >= 0.6 is 0 Å². The summed E-state index contributed by atoms with van der Waals surface area (Å²) < 4.78 is 0. The molecule has 1 fully saturated rings. The Morgan fingerprint density at radius 1 is 1.18 bits per heavy atom. The molecule has 1 aliphatic carbocycles. The molecule has 1 saturated carbocycles. The van der Waals surface area contributed by atoms with Crippen LogP contribution < -0.4 is 5.32 Å². The van der Waals surface area contributed by atoms with E-state index in [0.29, 0.717) is 6.04 Å². The van der Waals surface area contributed by atoms with E-state index in [2.05, 4.69) is 37.2 Å². The molecule has 0 aliphatic heterocycles. The van der Waals surface area contributed by atoms with Crippen molar-refractivity contribution in [2.24, 2.45) is 0 Å². The number of Topliss-reactive ketones (excluding diaryl/α,β-unsaturated/α-hetero) is 1. The first-order valence-electron chi connectivity index (χ1n) is 8.69. The zero-order chi connectivity index (χ0) is 17.0. The molecule has 0 unspecified atom stereocenters. The second kappa shape index (κ2) is 12.5. The maximum Gasteiger partial charge on any atom is 0.126 e. The molecular formula is C19H36N2O. The van der Waals surface area contributed by atoms with Crippen LogP contribution in [0.4, 0.5) is 0 Å². The van der Waals surface area contributed by atoms with Crippen molar-refractivity contribution in [1.82, 2.24) is 10.2 Å². The Labute approximate surface area is 137 Å². The van der Waals surface area contributed by atoms with Crippen molar-refractivity contribution in [1.29, 1.82) is 0 Å². The van der Waals surface area contributed by atoms with Gasteiger partial charge < -0.3 is 10.1 Å². The molecule has 0 radical (unpaired) electrons. The largest absolute Gasteiger partial charge is 0.385 e. The molecule has 1 rings (SSSR count). The number of rotatable bonds is 8. The molecule has 3 nitrogen and oxygen atoms in total. The zero-order valence-electron chi connectivity index (χ0n) is 15.2. The average Bonchev–Trinajstić information content (AvgIpc) is 2.41. The van der Waals surface area contributed by atoms with Crippen LogP contribution in [0.2, 0.25) is 0 Å². The highest BCUT2D eigenvalue weighted by Crippen LogP contribution is 2.22. The number of carbonyl (C=O) groups excluding carboxylic acids is 1. The van der Waals surface area contributed by atoms with E-state index >= 15 is 0 Å². The molecule has 0 bridgehead atoms. The lowest BCUT2D eigenvalue weighted by molar-refractivity contribution is -0.114. The fraction of sp³-hybridized carbons (Fsp3) is 0.737. The van der Waals surface area contributed by atoms with Crippen molar-refractivity contribution in [2.45, 2.75) is 72.3 Å². The Balaban J connectivity index is 0.000000980. The van der Waals surface area contributed by atoms with E-state index in [0.717, 1.165) is 6.54 Å². The average molecular weight is 309 g/mol. The number of carbonyl (C=O) groups is 1. The lowest BCUT2D eigenvalue weighted by atomic mass is 9.92. The molecule has 3 heteroatoms. The highest BCUT2D eigenvalue weighted by molar-refractivity contribution is 5.72. The Morgan fingerprint density at radius 2 is 1.64 bits per heavy atom. The van der Waals surface area contributed by atoms with Crippen LogP contribution in [0.1, 0.15) is 66.2 Å². The lowest BCUT2D eigenvalue weighted by Gasteiger charge is -2.29. The third-order valence-corrected chi connectivity index (χ3v) is 3.60. The summed E-state index contributed by atoms with van der Waals surface area (Å²) >= 11 is 0. The predicted molar refractivity (Wildman–Crippen MR) is 97.0 cm³/mol. The van der Waals surface area contributed by atoms with Crippen LogP contribution in [0.15, 0.2) is 24.4 Å². The van der Waals surface area contributed by atoms with Crippen molar-refractivity contribution in [3.05, 3.63) is 24.4 Å². The Hall–Kier alpha value is -1.09. The Kier molecular flexibility index (Phi) is 11.8. The van der Waals surface area contributed by atoms with Crippen molar-refractivity contribution in [3.8, 4) is 0 Å². The van der Waals surface area contributed by atoms with Crippen molar-refractivity contribution < 1.29 is 4.79 Å². The summed E-state index contributed by atoms with van der Waals surface area (Å²) in [6, 6.07) is 0.619. The van der Waals surface area contributed by atoms with Gasteiger partial charge in [-0.1, -0.05) is 32.6 Å². The molecule has 0 amide bonds. The smallest absolute Gasteiger partial charge is 0.126 e. The summed E-state index contributed by atoms with van der Waals surface area (Å²) in [5.74, 6) is 0.167. The predicted octanol–water partition coefficient (Wildman–Crippen LogP) is 4.31. The van der Waals surface area contributed by atoms with Gasteiger partial charge in [0.05, 0.1) is 0 Å². The lowest BCUT2D eigenvalue weighted by Crippen LogP contribution is -2.36. The molecule has 22 heavy (non-hydrogen) atoms. The highest BCUT2D eigenvalue weighted by Gasteiger charge is 2.16. The maximum atomic E-state index is 9.44. The van der Waals surface area contributed by atoms with E-state index < -0.39 is 0 Å². The molecular weight excluding hydrogens is 272 g/mol. The van der Waals surface area contributed by atoms with Crippen LogP contribution in [0.3, 0.4) is 0 Å². The summed E-state index contributed by atoms with van der Waals surface area (Å²) in [7, 11) is 0. The minimum absolute atomic E-state index is 0.167. The van der Waals surface area contributed by atoms with Gasteiger partial charge in [0.1, 0.15) is 5.78 Å². The molecule has 0 saturated heterocycles. The van der Waals surface area contributed by atoms with Crippen LogP contribution in [0, 0.1) is 0 Å². The molecule has 0 aromatic heterocycles. The van der Waals surface area contributed by atoms with Gasteiger partial charge in [-0.15, -0.1) is 0 Å². The van der Waals surface area contributed by atoms with Crippen LogP contribution in [0.5, 0.6) is 0 Å². The summed E-state index contributed by atoms with van der Waals surface area (Å²) in [4.78, 5) is 11.9. The number of hydrogen-bond donors (Lipinski definition) is 1. The fourth-order valence-electron chi connectivity index (χ4n) is 2.68. The zero-order valence-corrected chi connectivity index (χ0v) is 15.2. The fourth-order valence-corrected chi connectivity index (χ4v) is 2.68. The molecule has 0 spiro atoms. The van der Waals surface area contributed by atoms with Crippen molar-refractivity contribution >= 4 is 5.78 Å². The van der Waals surface area contributed by atoms with E-state index in [9.17, 15) is 4.79 Å². The molecule has 0 aromatic carbocycles. The SMILES string of the molecule is C=C1CCC(NC(=C)CN(CCC)CCC)CC1.CC(C)=O. The van der Waals surface area contributed by atoms with Crippen molar-refractivity contribution in [3.63, 3.8) is 0 Å².